The topological polar surface area (TPSA) is 11.4 Å². The Bertz CT molecular complexity index is 391. The molecule has 3 heterocycles. The lowest BCUT2D eigenvalue weighted by atomic mass is 10.00. The SMILES string of the molecule is CN1CCc2c(c3c(n2C)CCN(C)C3)C1.Cl.Cl. The van der Waals surface area contributed by atoms with Gasteiger partial charge in [-0.2, -0.15) is 0 Å². The van der Waals surface area contributed by atoms with Gasteiger partial charge in [0.15, 0.2) is 0 Å². The number of rotatable bonds is 0. The fourth-order valence-electron chi connectivity index (χ4n) is 3.22. The highest BCUT2D eigenvalue weighted by Gasteiger charge is 2.27. The van der Waals surface area contributed by atoms with Gasteiger partial charge in [0.05, 0.1) is 0 Å². The van der Waals surface area contributed by atoms with Gasteiger partial charge in [0.1, 0.15) is 0 Å². The third-order valence-electron chi connectivity index (χ3n) is 4.19. The summed E-state index contributed by atoms with van der Waals surface area (Å²) in [4.78, 5) is 4.88. The van der Waals surface area contributed by atoms with E-state index in [0.29, 0.717) is 0 Å². The van der Waals surface area contributed by atoms with E-state index in [1.54, 1.807) is 22.5 Å². The van der Waals surface area contributed by atoms with Gasteiger partial charge in [-0.1, -0.05) is 0 Å². The van der Waals surface area contributed by atoms with E-state index in [0.717, 1.165) is 13.1 Å². The van der Waals surface area contributed by atoms with Gasteiger partial charge < -0.3 is 14.4 Å². The lowest BCUT2D eigenvalue weighted by molar-refractivity contribution is 0.295. The highest BCUT2D eigenvalue weighted by molar-refractivity contribution is 5.85. The molecule has 0 unspecified atom stereocenters. The molecule has 0 N–H and O–H groups in total. The van der Waals surface area contributed by atoms with E-state index >= 15 is 0 Å². The fraction of sp³-hybridized carbons (Fsp3) is 0.692. The first-order chi connectivity index (χ1) is 7.66. The molecule has 0 radical (unpaired) electrons. The maximum atomic E-state index is 2.48. The standard InChI is InChI=1S/C13H21N3.2ClH/c1-14-6-4-12-10(8-14)11-9-15(2)7-5-13(11)16(12)3;;/h4-9H2,1-3H3;2*1H. The van der Waals surface area contributed by atoms with Crippen molar-refractivity contribution in [1.82, 2.24) is 14.4 Å². The number of likely N-dealkylation sites (N-methyl/N-ethyl adjacent to an activating group) is 2. The Morgan fingerprint density at radius 3 is 1.50 bits per heavy atom. The summed E-state index contributed by atoms with van der Waals surface area (Å²) in [5.41, 5.74) is 6.44. The Morgan fingerprint density at radius 2 is 1.11 bits per heavy atom. The van der Waals surface area contributed by atoms with Crippen LogP contribution in [0.5, 0.6) is 0 Å². The van der Waals surface area contributed by atoms with Gasteiger partial charge in [0.2, 0.25) is 0 Å². The van der Waals surface area contributed by atoms with Crippen LogP contribution in [0.1, 0.15) is 22.5 Å². The van der Waals surface area contributed by atoms with Crippen molar-refractivity contribution in [2.45, 2.75) is 25.9 Å². The molecule has 0 saturated heterocycles. The predicted octanol–water partition coefficient (Wildman–Crippen LogP) is 1.84. The summed E-state index contributed by atoms with van der Waals surface area (Å²) in [6.07, 6.45) is 2.44. The number of aromatic nitrogens is 1. The van der Waals surface area contributed by atoms with E-state index in [1.807, 2.05) is 0 Å². The largest absolute Gasteiger partial charge is 0.351 e. The Balaban J connectivity index is 0.000000810. The molecule has 0 atom stereocenters. The van der Waals surface area contributed by atoms with E-state index in [9.17, 15) is 0 Å². The van der Waals surface area contributed by atoms with Crippen LogP contribution in [0.15, 0.2) is 0 Å². The maximum Gasteiger partial charge on any atom is 0.0252 e. The molecule has 104 valence electrons. The first-order valence-corrected chi connectivity index (χ1v) is 6.22. The minimum atomic E-state index is 0. The number of halogens is 2. The molecule has 18 heavy (non-hydrogen) atoms. The molecular formula is C13H23Cl2N3. The van der Waals surface area contributed by atoms with Crippen LogP contribution in [-0.2, 0) is 33.0 Å². The van der Waals surface area contributed by atoms with Gasteiger partial charge in [0, 0.05) is 57.5 Å². The molecule has 1 aromatic rings. The van der Waals surface area contributed by atoms with E-state index in [1.165, 1.54) is 25.9 Å². The smallest absolute Gasteiger partial charge is 0.0252 e. The normalized spacial score (nSPS) is 19.5. The van der Waals surface area contributed by atoms with Crippen molar-refractivity contribution in [2.75, 3.05) is 27.2 Å². The molecule has 3 nitrogen and oxygen atoms in total. The Morgan fingerprint density at radius 1 is 0.722 bits per heavy atom. The zero-order valence-corrected chi connectivity index (χ0v) is 13.0. The molecule has 0 bridgehead atoms. The minimum absolute atomic E-state index is 0. The molecule has 0 spiro atoms. The summed E-state index contributed by atoms with van der Waals surface area (Å²) in [6, 6.07) is 0. The molecule has 0 fully saturated rings. The average molecular weight is 292 g/mol. The van der Waals surface area contributed by atoms with E-state index in [4.69, 9.17) is 0 Å². The van der Waals surface area contributed by atoms with Crippen LogP contribution in [0.2, 0.25) is 0 Å². The molecule has 5 heteroatoms. The zero-order valence-electron chi connectivity index (χ0n) is 11.4. The van der Waals surface area contributed by atoms with Crippen molar-refractivity contribution in [3.05, 3.63) is 22.5 Å². The first-order valence-electron chi connectivity index (χ1n) is 6.22. The van der Waals surface area contributed by atoms with Crippen molar-refractivity contribution in [1.29, 1.82) is 0 Å². The highest BCUT2D eigenvalue weighted by Crippen LogP contribution is 2.30. The second-order valence-electron chi connectivity index (χ2n) is 5.39. The van der Waals surface area contributed by atoms with Crippen LogP contribution in [0.4, 0.5) is 0 Å². The molecule has 3 rings (SSSR count). The van der Waals surface area contributed by atoms with Crippen LogP contribution in [0, 0.1) is 0 Å². The van der Waals surface area contributed by atoms with Crippen LogP contribution in [0.3, 0.4) is 0 Å². The molecule has 2 aliphatic rings. The monoisotopic (exact) mass is 291 g/mol. The molecule has 0 amide bonds. The summed E-state index contributed by atoms with van der Waals surface area (Å²) in [7, 11) is 6.72. The predicted molar refractivity (Wildman–Crippen MR) is 80.0 cm³/mol. The maximum absolute atomic E-state index is 2.48. The fourth-order valence-corrected chi connectivity index (χ4v) is 3.22. The quantitative estimate of drug-likeness (QED) is 0.723. The van der Waals surface area contributed by atoms with Crippen LogP contribution in [0.25, 0.3) is 0 Å². The van der Waals surface area contributed by atoms with E-state index in [2.05, 4.69) is 35.5 Å². The molecule has 0 aliphatic carbocycles. The highest BCUT2D eigenvalue weighted by atomic mass is 35.5. The summed E-state index contributed by atoms with van der Waals surface area (Å²) < 4.78 is 2.48. The van der Waals surface area contributed by atoms with Crippen molar-refractivity contribution in [2.24, 2.45) is 7.05 Å². The molecule has 1 aromatic heterocycles. The summed E-state index contributed by atoms with van der Waals surface area (Å²) in [5, 5.41) is 0. The zero-order chi connectivity index (χ0) is 11.3. The Labute approximate surface area is 122 Å². The average Bonchev–Trinajstić information content (AvgIpc) is 2.52. The van der Waals surface area contributed by atoms with E-state index < -0.39 is 0 Å². The van der Waals surface area contributed by atoms with E-state index in [-0.39, 0.29) is 24.8 Å². The molecule has 0 aromatic carbocycles. The lowest BCUT2D eigenvalue weighted by Crippen LogP contribution is -2.29. The van der Waals surface area contributed by atoms with Crippen LogP contribution >= 0.6 is 24.8 Å². The second-order valence-corrected chi connectivity index (χ2v) is 5.39. The number of hydrogen-bond donors (Lipinski definition) is 0. The third kappa shape index (κ3) is 2.42. The molecule has 2 aliphatic heterocycles. The Hall–Kier alpha value is -0.220. The third-order valence-corrected chi connectivity index (χ3v) is 4.19. The van der Waals surface area contributed by atoms with Gasteiger partial charge in [-0.3, -0.25) is 0 Å². The van der Waals surface area contributed by atoms with Gasteiger partial charge >= 0.3 is 0 Å². The van der Waals surface area contributed by atoms with Crippen molar-refractivity contribution < 1.29 is 0 Å². The van der Waals surface area contributed by atoms with Gasteiger partial charge in [-0.25, -0.2) is 0 Å². The number of nitrogens with zero attached hydrogens (tertiary/aromatic N) is 3. The van der Waals surface area contributed by atoms with Crippen LogP contribution in [-0.4, -0.2) is 41.6 Å². The summed E-state index contributed by atoms with van der Waals surface area (Å²) in [5.74, 6) is 0. The molecule has 0 saturated carbocycles. The van der Waals surface area contributed by atoms with Crippen molar-refractivity contribution >= 4 is 24.8 Å². The van der Waals surface area contributed by atoms with Crippen molar-refractivity contribution in [3.8, 4) is 0 Å². The molecular weight excluding hydrogens is 269 g/mol. The van der Waals surface area contributed by atoms with Gasteiger partial charge in [-0.05, 0) is 25.2 Å². The first kappa shape index (κ1) is 15.8. The summed E-state index contributed by atoms with van der Waals surface area (Å²) in [6.45, 7) is 4.71. The van der Waals surface area contributed by atoms with Gasteiger partial charge in [0.25, 0.3) is 0 Å². The summed E-state index contributed by atoms with van der Waals surface area (Å²) >= 11 is 0. The van der Waals surface area contributed by atoms with Crippen molar-refractivity contribution in [3.63, 3.8) is 0 Å². The van der Waals surface area contributed by atoms with Gasteiger partial charge in [-0.15, -0.1) is 24.8 Å². The second kappa shape index (κ2) is 5.83. The van der Waals surface area contributed by atoms with Crippen LogP contribution < -0.4 is 0 Å². The number of hydrogen-bond acceptors (Lipinski definition) is 2. The number of fused-ring (bicyclic) bond motifs is 3. The lowest BCUT2D eigenvalue weighted by Gasteiger charge is -2.26. The Kier molecular flexibility index (Phi) is 5.13. The minimum Gasteiger partial charge on any atom is -0.351 e.